The third-order valence-corrected chi connectivity index (χ3v) is 2.49. The number of benzene rings is 1. The topological polar surface area (TPSA) is 69.6 Å². The molecule has 2 N–H and O–H groups in total. The van der Waals surface area contributed by atoms with Crippen LogP contribution in [0.3, 0.4) is 0 Å². The van der Waals surface area contributed by atoms with Crippen molar-refractivity contribution < 1.29 is 14.7 Å². The van der Waals surface area contributed by atoms with Crippen LogP contribution < -0.4 is 5.43 Å². The summed E-state index contributed by atoms with van der Waals surface area (Å²) in [5, 5.41) is 9.77. The molecule has 5 heteroatoms. The van der Waals surface area contributed by atoms with Crippen molar-refractivity contribution in [1.29, 1.82) is 0 Å². The van der Waals surface area contributed by atoms with E-state index in [0.29, 0.717) is 6.42 Å². The Balaban J connectivity index is 2.07. The summed E-state index contributed by atoms with van der Waals surface area (Å²) in [7, 11) is 0. The highest BCUT2D eigenvalue weighted by atomic mass is 16.4. The van der Waals surface area contributed by atoms with Gasteiger partial charge >= 0.3 is 5.97 Å². The van der Waals surface area contributed by atoms with Crippen molar-refractivity contribution in [3.63, 3.8) is 0 Å². The van der Waals surface area contributed by atoms with Gasteiger partial charge in [-0.3, -0.25) is 14.6 Å². The van der Waals surface area contributed by atoms with Gasteiger partial charge in [0, 0.05) is 6.42 Å². The van der Waals surface area contributed by atoms with E-state index < -0.39 is 5.97 Å². The zero-order valence-electron chi connectivity index (χ0n) is 8.59. The van der Waals surface area contributed by atoms with E-state index in [1.807, 2.05) is 30.3 Å². The van der Waals surface area contributed by atoms with Crippen molar-refractivity contribution in [2.75, 3.05) is 6.54 Å². The first-order chi connectivity index (χ1) is 7.66. The number of aliphatic carboxylic acids is 1. The van der Waals surface area contributed by atoms with Gasteiger partial charge in [-0.2, -0.15) is 0 Å². The fourth-order valence-electron chi connectivity index (χ4n) is 1.74. The molecule has 0 bridgehead atoms. The van der Waals surface area contributed by atoms with E-state index in [0.717, 1.165) is 10.6 Å². The summed E-state index contributed by atoms with van der Waals surface area (Å²) in [6.07, 6.45) is 0.303. The Bertz CT molecular complexity index is 405. The number of hydrazine groups is 1. The first-order valence-electron chi connectivity index (χ1n) is 5.00. The van der Waals surface area contributed by atoms with Crippen molar-refractivity contribution in [1.82, 2.24) is 10.4 Å². The maximum Gasteiger partial charge on any atom is 0.324 e. The fraction of sp³-hybridized carbons (Fsp3) is 0.273. The highest BCUT2D eigenvalue weighted by Gasteiger charge is 2.30. The summed E-state index contributed by atoms with van der Waals surface area (Å²) >= 11 is 0. The summed E-state index contributed by atoms with van der Waals surface area (Å²) in [6, 6.07) is 9.38. The zero-order valence-corrected chi connectivity index (χ0v) is 8.59. The van der Waals surface area contributed by atoms with Crippen LogP contribution in [0.25, 0.3) is 0 Å². The Kier molecular flexibility index (Phi) is 2.87. The maximum absolute atomic E-state index is 11.5. The molecule has 1 heterocycles. The van der Waals surface area contributed by atoms with Gasteiger partial charge in [-0.1, -0.05) is 30.3 Å². The molecule has 0 spiro atoms. The molecule has 1 fully saturated rings. The minimum Gasteiger partial charge on any atom is -0.480 e. The lowest BCUT2D eigenvalue weighted by Gasteiger charge is -2.15. The SMILES string of the molecule is O=C(O)CN1NC(c2ccccc2)CC1=O. The molecular formula is C11H12N2O3. The maximum atomic E-state index is 11.5. The Morgan fingerprint density at radius 2 is 2.12 bits per heavy atom. The first kappa shape index (κ1) is 10.6. The number of rotatable bonds is 3. The second-order valence-electron chi connectivity index (χ2n) is 3.67. The van der Waals surface area contributed by atoms with Crippen LogP contribution in [0.4, 0.5) is 0 Å². The first-order valence-corrected chi connectivity index (χ1v) is 5.00. The van der Waals surface area contributed by atoms with Gasteiger partial charge in [0.15, 0.2) is 0 Å². The summed E-state index contributed by atoms with van der Waals surface area (Å²) < 4.78 is 0. The molecule has 1 unspecified atom stereocenters. The average Bonchev–Trinajstić information content (AvgIpc) is 2.61. The normalized spacial score (nSPS) is 20.1. The molecule has 16 heavy (non-hydrogen) atoms. The van der Waals surface area contributed by atoms with Crippen LogP contribution in [0.15, 0.2) is 30.3 Å². The lowest BCUT2D eigenvalue weighted by molar-refractivity contribution is -0.144. The molecule has 0 radical (unpaired) electrons. The third-order valence-electron chi connectivity index (χ3n) is 2.49. The van der Waals surface area contributed by atoms with Crippen molar-refractivity contribution in [2.45, 2.75) is 12.5 Å². The highest BCUT2D eigenvalue weighted by molar-refractivity contribution is 5.83. The standard InChI is InChI=1S/C11H12N2O3/c14-10-6-9(8-4-2-1-3-5-8)12-13(10)7-11(15)16/h1-5,9,12H,6-7H2,(H,15,16). The van der Waals surface area contributed by atoms with Gasteiger partial charge in [-0.05, 0) is 5.56 Å². The van der Waals surface area contributed by atoms with E-state index in [1.54, 1.807) is 0 Å². The number of carbonyl (C=O) groups is 2. The smallest absolute Gasteiger partial charge is 0.324 e. The van der Waals surface area contributed by atoms with Gasteiger partial charge in [0.05, 0.1) is 6.04 Å². The van der Waals surface area contributed by atoms with Crippen LogP contribution in [0, 0.1) is 0 Å². The van der Waals surface area contributed by atoms with E-state index in [4.69, 9.17) is 5.11 Å². The predicted octanol–water partition coefficient (Wildman–Crippen LogP) is 0.549. The molecule has 1 aromatic rings. The van der Waals surface area contributed by atoms with Gasteiger partial charge in [-0.15, -0.1) is 0 Å². The van der Waals surface area contributed by atoms with E-state index in [9.17, 15) is 9.59 Å². The fourth-order valence-corrected chi connectivity index (χ4v) is 1.74. The Hall–Kier alpha value is -1.88. The predicted molar refractivity (Wildman–Crippen MR) is 56.3 cm³/mol. The van der Waals surface area contributed by atoms with E-state index in [-0.39, 0.29) is 18.5 Å². The van der Waals surface area contributed by atoms with Crippen LogP contribution in [0.1, 0.15) is 18.0 Å². The zero-order chi connectivity index (χ0) is 11.5. The van der Waals surface area contributed by atoms with Crippen LogP contribution in [0.2, 0.25) is 0 Å². The molecule has 1 aliphatic rings. The van der Waals surface area contributed by atoms with Gasteiger partial charge < -0.3 is 5.11 Å². The van der Waals surface area contributed by atoms with Crippen molar-refractivity contribution in [3.8, 4) is 0 Å². The van der Waals surface area contributed by atoms with Gasteiger partial charge in [0.2, 0.25) is 5.91 Å². The minimum atomic E-state index is -1.02. The van der Waals surface area contributed by atoms with Crippen LogP contribution in [-0.4, -0.2) is 28.5 Å². The number of hydrogen-bond acceptors (Lipinski definition) is 3. The second kappa shape index (κ2) is 4.32. The summed E-state index contributed by atoms with van der Waals surface area (Å²) in [5.41, 5.74) is 3.88. The van der Waals surface area contributed by atoms with Crippen molar-refractivity contribution >= 4 is 11.9 Å². The monoisotopic (exact) mass is 220 g/mol. The number of carboxylic acid groups (broad SMARTS) is 1. The van der Waals surface area contributed by atoms with E-state index in [2.05, 4.69) is 5.43 Å². The molecular weight excluding hydrogens is 208 g/mol. The van der Waals surface area contributed by atoms with E-state index in [1.165, 1.54) is 0 Å². The van der Waals surface area contributed by atoms with Crippen LogP contribution >= 0.6 is 0 Å². The number of amides is 1. The molecule has 0 aliphatic carbocycles. The lowest BCUT2D eigenvalue weighted by Crippen LogP contribution is -2.39. The summed E-state index contributed by atoms with van der Waals surface area (Å²) in [5.74, 6) is -1.20. The molecule has 1 atom stereocenters. The van der Waals surface area contributed by atoms with Crippen LogP contribution in [-0.2, 0) is 9.59 Å². The number of hydrogen-bond donors (Lipinski definition) is 2. The number of carbonyl (C=O) groups excluding carboxylic acids is 1. The lowest BCUT2D eigenvalue weighted by atomic mass is 10.1. The Morgan fingerprint density at radius 3 is 2.75 bits per heavy atom. The van der Waals surface area contributed by atoms with Gasteiger partial charge in [0.25, 0.3) is 0 Å². The molecule has 1 saturated heterocycles. The van der Waals surface area contributed by atoms with Crippen molar-refractivity contribution in [3.05, 3.63) is 35.9 Å². The number of carboxylic acids is 1. The largest absolute Gasteiger partial charge is 0.480 e. The number of nitrogens with one attached hydrogen (secondary N) is 1. The average molecular weight is 220 g/mol. The molecule has 0 aromatic heterocycles. The van der Waals surface area contributed by atoms with Crippen LogP contribution in [0.5, 0.6) is 0 Å². The summed E-state index contributed by atoms with van der Waals surface area (Å²) in [6.45, 7) is -0.303. The molecule has 0 saturated carbocycles. The third kappa shape index (κ3) is 2.20. The Morgan fingerprint density at radius 1 is 1.44 bits per heavy atom. The van der Waals surface area contributed by atoms with Gasteiger partial charge in [0.1, 0.15) is 6.54 Å². The quantitative estimate of drug-likeness (QED) is 0.780. The highest BCUT2D eigenvalue weighted by Crippen LogP contribution is 2.22. The Labute approximate surface area is 92.6 Å². The van der Waals surface area contributed by atoms with E-state index >= 15 is 0 Å². The van der Waals surface area contributed by atoms with Crippen molar-refractivity contribution in [2.24, 2.45) is 0 Å². The second-order valence-corrected chi connectivity index (χ2v) is 3.67. The minimum absolute atomic E-state index is 0.118. The summed E-state index contributed by atoms with van der Waals surface area (Å²) in [4.78, 5) is 22.0. The molecule has 1 aromatic carbocycles. The molecule has 1 amide bonds. The molecule has 84 valence electrons. The van der Waals surface area contributed by atoms with Gasteiger partial charge in [-0.25, -0.2) is 5.43 Å². The number of nitrogens with zero attached hydrogens (tertiary/aromatic N) is 1. The molecule has 5 nitrogen and oxygen atoms in total. The molecule has 2 rings (SSSR count). The molecule has 1 aliphatic heterocycles.